The Hall–Kier alpha value is -0.610. The van der Waals surface area contributed by atoms with E-state index in [0.717, 1.165) is 45.3 Å². The van der Waals surface area contributed by atoms with Gasteiger partial charge in [0.1, 0.15) is 0 Å². The summed E-state index contributed by atoms with van der Waals surface area (Å²) in [5, 5.41) is 0. The molecule has 1 aliphatic heterocycles. The minimum atomic E-state index is 0.198. The van der Waals surface area contributed by atoms with Crippen molar-refractivity contribution < 1.29 is 9.53 Å². The number of carbonyl (C=O) groups excluding carboxylic acids is 1. The molecular formula is C15H30N2O2. The summed E-state index contributed by atoms with van der Waals surface area (Å²) >= 11 is 0. The van der Waals surface area contributed by atoms with Crippen molar-refractivity contribution in [2.24, 2.45) is 17.6 Å². The van der Waals surface area contributed by atoms with E-state index in [-0.39, 0.29) is 12.0 Å². The molecule has 0 aliphatic carbocycles. The fourth-order valence-electron chi connectivity index (χ4n) is 2.84. The zero-order valence-electron chi connectivity index (χ0n) is 12.7. The van der Waals surface area contributed by atoms with Gasteiger partial charge in [0, 0.05) is 26.6 Å². The maximum absolute atomic E-state index is 12.2. The van der Waals surface area contributed by atoms with Crippen LogP contribution in [0.3, 0.4) is 0 Å². The van der Waals surface area contributed by atoms with Crippen molar-refractivity contribution in [2.75, 3.05) is 26.7 Å². The van der Waals surface area contributed by atoms with Crippen LogP contribution in [-0.2, 0) is 9.53 Å². The van der Waals surface area contributed by atoms with Gasteiger partial charge in [-0.05, 0) is 37.6 Å². The molecule has 1 rings (SSSR count). The number of hydrogen-bond acceptors (Lipinski definition) is 3. The average Bonchev–Trinajstić information content (AvgIpc) is 2.43. The third kappa shape index (κ3) is 5.11. The summed E-state index contributed by atoms with van der Waals surface area (Å²) in [5.74, 6) is 1.43. The van der Waals surface area contributed by atoms with Gasteiger partial charge in [-0.2, -0.15) is 0 Å². The molecule has 1 saturated heterocycles. The molecule has 19 heavy (non-hydrogen) atoms. The van der Waals surface area contributed by atoms with Crippen LogP contribution in [0.1, 0.15) is 46.0 Å². The number of hydrogen-bond donors (Lipinski definition) is 1. The lowest BCUT2D eigenvalue weighted by atomic mass is 9.94. The number of ether oxygens (including phenoxy) is 1. The van der Waals surface area contributed by atoms with Crippen LogP contribution in [0.4, 0.5) is 0 Å². The van der Waals surface area contributed by atoms with E-state index in [1.807, 2.05) is 4.90 Å². The predicted octanol–water partition coefficient (Wildman–Crippen LogP) is 2.02. The Morgan fingerprint density at radius 1 is 1.47 bits per heavy atom. The highest BCUT2D eigenvalue weighted by Gasteiger charge is 2.28. The van der Waals surface area contributed by atoms with Crippen molar-refractivity contribution in [1.29, 1.82) is 0 Å². The summed E-state index contributed by atoms with van der Waals surface area (Å²) in [5.41, 5.74) is 5.59. The zero-order chi connectivity index (χ0) is 14.3. The number of nitrogens with two attached hydrogens (primary N) is 1. The monoisotopic (exact) mass is 270 g/mol. The average molecular weight is 270 g/mol. The van der Waals surface area contributed by atoms with Gasteiger partial charge in [0.15, 0.2) is 0 Å². The molecular weight excluding hydrogens is 240 g/mol. The fraction of sp³-hybridized carbons (Fsp3) is 0.933. The molecule has 3 atom stereocenters. The van der Waals surface area contributed by atoms with Crippen molar-refractivity contribution in [3.63, 3.8) is 0 Å². The smallest absolute Gasteiger partial charge is 0.222 e. The predicted molar refractivity (Wildman–Crippen MR) is 77.8 cm³/mol. The second-order valence-corrected chi connectivity index (χ2v) is 5.77. The van der Waals surface area contributed by atoms with Crippen LogP contribution < -0.4 is 5.73 Å². The first-order chi connectivity index (χ1) is 9.12. The minimum Gasteiger partial charge on any atom is -0.379 e. The highest BCUT2D eigenvalue weighted by atomic mass is 16.5. The molecule has 1 aliphatic rings. The number of piperidine rings is 1. The third-order valence-corrected chi connectivity index (χ3v) is 4.46. The quantitative estimate of drug-likeness (QED) is 0.770. The molecule has 1 fully saturated rings. The Kier molecular flexibility index (Phi) is 7.39. The van der Waals surface area contributed by atoms with Crippen molar-refractivity contribution >= 4 is 5.91 Å². The number of rotatable bonds is 7. The molecule has 4 heteroatoms. The van der Waals surface area contributed by atoms with Gasteiger partial charge in [0.05, 0.1) is 6.10 Å². The van der Waals surface area contributed by atoms with Gasteiger partial charge in [-0.25, -0.2) is 0 Å². The molecule has 1 amide bonds. The summed E-state index contributed by atoms with van der Waals surface area (Å²) < 4.78 is 5.46. The summed E-state index contributed by atoms with van der Waals surface area (Å²) in [6.07, 6.45) is 5.01. The molecule has 0 saturated carbocycles. The molecule has 3 unspecified atom stereocenters. The maximum Gasteiger partial charge on any atom is 0.222 e. The van der Waals surface area contributed by atoms with Crippen LogP contribution in [0.25, 0.3) is 0 Å². The van der Waals surface area contributed by atoms with Gasteiger partial charge in [0.2, 0.25) is 5.91 Å². The Morgan fingerprint density at radius 2 is 2.21 bits per heavy atom. The minimum absolute atomic E-state index is 0.198. The summed E-state index contributed by atoms with van der Waals surface area (Å²) in [6.45, 7) is 6.73. The lowest BCUT2D eigenvalue weighted by Gasteiger charge is -2.36. The third-order valence-electron chi connectivity index (χ3n) is 4.46. The van der Waals surface area contributed by atoms with E-state index >= 15 is 0 Å². The van der Waals surface area contributed by atoms with Gasteiger partial charge < -0.3 is 15.4 Å². The van der Waals surface area contributed by atoms with Crippen molar-refractivity contribution in [3.05, 3.63) is 0 Å². The standard InChI is InChI=1S/C15H30N2O2/c1-4-13(7-9-16)5-6-15(18)17-10-8-12(2)14(11-17)19-3/h12-14H,4-11,16H2,1-3H3. The zero-order valence-corrected chi connectivity index (χ0v) is 12.7. The second-order valence-electron chi connectivity index (χ2n) is 5.77. The van der Waals surface area contributed by atoms with E-state index in [1.54, 1.807) is 7.11 Å². The van der Waals surface area contributed by atoms with E-state index in [1.165, 1.54) is 0 Å². The number of methoxy groups -OCH3 is 1. The van der Waals surface area contributed by atoms with Crippen molar-refractivity contribution in [2.45, 2.75) is 52.1 Å². The molecule has 0 aromatic rings. The second kappa shape index (κ2) is 8.54. The molecule has 1 heterocycles. The number of carbonyl (C=O) groups is 1. The van der Waals surface area contributed by atoms with E-state index in [4.69, 9.17) is 10.5 Å². The highest BCUT2D eigenvalue weighted by Crippen LogP contribution is 2.21. The largest absolute Gasteiger partial charge is 0.379 e. The van der Waals surface area contributed by atoms with E-state index in [2.05, 4.69) is 13.8 Å². The molecule has 0 aromatic heterocycles. The van der Waals surface area contributed by atoms with Crippen molar-refractivity contribution in [1.82, 2.24) is 4.90 Å². The summed E-state index contributed by atoms with van der Waals surface area (Å²) in [7, 11) is 1.74. The van der Waals surface area contributed by atoms with Gasteiger partial charge in [-0.3, -0.25) is 4.79 Å². The van der Waals surface area contributed by atoms with Gasteiger partial charge in [0.25, 0.3) is 0 Å². The number of amides is 1. The lowest BCUT2D eigenvalue weighted by Crippen LogP contribution is -2.46. The van der Waals surface area contributed by atoms with Gasteiger partial charge in [-0.1, -0.05) is 20.3 Å². The molecule has 4 nitrogen and oxygen atoms in total. The topological polar surface area (TPSA) is 55.6 Å². The molecule has 2 N–H and O–H groups in total. The summed E-state index contributed by atoms with van der Waals surface area (Å²) in [4.78, 5) is 14.2. The van der Waals surface area contributed by atoms with Crippen LogP contribution >= 0.6 is 0 Å². The fourth-order valence-corrected chi connectivity index (χ4v) is 2.84. The van der Waals surface area contributed by atoms with E-state index in [0.29, 0.717) is 18.3 Å². The number of likely N-dealkylation sites (tertiary alicyclic amines) is 1. The molecule has 0 spiro atoms. The van der Waals surface area contributed by atoms with Crippen LogP contribution in [0.2, 0.25) is 0 Å². The first kappa shape index (κ1) is 16.4. The van der Waals surface area contributed by atoms with Crippen LogP contribution in [0.15, 0.2) is 0 Å². The Labute approximate surface area is 117 Å². The van der Waals surface area contributed by atoms with Crippen LogP contribution in [0, 0.1) is 11.8 Å². The van der Waals surface area contributed by atoms with E-state index in [9.17, 15) is 4.79 Å². The molecule has 0 radical (unpaired) electrons. The first-order valence-corrected chi connectivity index (χ1v) is 7.62. The molecule has 112 valence electrons. The Bertz CT molecular complexity index is 271. The van der Waals surface area contributed by atoms with Crippen molar-refractivity contribution in [3.8, 4) is 0 Å². The lowest BCUT2D eigenvalue weighted by molar-refractivity contribution is -0.136. The maximum atomic E-state index is 12.2. The molecule has 0 aromatic carbocycles. The SMILES string of the molecule is CCC(CCN)CCC(=O)N1CCC(C)C(OC)C1. The normalized spacial score (nSPS) is 25.4. The molecule has 0 bridgehead atoms. The highest BCUT2D eigenvalue weighted by molar-refractivity contribution is 5.76. The van der Waals surface area contributed by atoms with Gasteiger partial charge >= 0.3 is 0 Å². The van der Waals surface area contributed by atoms with Crippen LogP contribution in [-0.4, -0.2) is 43.7 Å². The first-order valence-electron chi connectivity index (χ1n) is 7.62. The van der Waals surface area contributed by atoms with Crippen LogP contribution in [0.5, 0.6) is 0 Å². The Balaban J connectivity index is 2.37. The Morgan fingerprint density at radius 3 is 2.79 bits per heavy atom. The number of nitrogens with zero attached hydrogens (tertiary/aromatic N) is 1. The summed E-state index contributed by atoms with van der Waals surface area (Å²) in [6, 6.07) is 0. The van der Waals surface area contributed by atoms with E-state index < -0.39 is 0 Å². The van der Waals surface area contributed by atoms with Gasteiger partial charge in [-0.15, -0.1) is 0 Å².